The first-order chi connectivity index (χ1) is 14.3. The normalized spacial score (nSPS) is 24.4. The van der Waals surface area contributed by atoms with Gasteiger partial charge in [-0.15, -0.1) is 0 Å². The highest BCUT2D eigenvalue weighted by atomic mass is 35.5. The number of hydrogen-bond acceptors (Lipinski definition) is 2. The van der Waals surface area contributed by atoms with E-state index in [4.69, 9.17) is 11.6 Å². The Morgan fingerprint density at radius 2 is 1.97 bits per heavy atom. The van der Waals surface area contributed by atoms with Crippen LogP contribution in [0.1, 0.15) is 42.7 Å². The van der Waals surface area contributed by atoms with E-state index in [1.165, 1.54) is 12.1 Å². The second-order valence-corrected chi connectivity index (χ2v) is 8.47. The smallest absolute Gasteiger partial charge is 0.251 e. The maximum Gasteiger partial charge on any atom is 0.251 e. The van der Waals surface area contributed by atoms with Crippen molar-refractivity contribution in [2.24, 2.45) is 11.8 Å². The molecule has 5 rings (SSSR count). The minimum absolute atomic E-state index is 0.00244. The van der Waals surface area contributed by atoms with E-state index in [0.717, 1.165) is 17.5 Å². The number of alkyl halides is 2. The molecule has 158 valence electrons. The summed E-state index contributed by atoms with van der Waals surface area (Å²) in [5.74, 6) is -3.32. The van der Waals surface area contributed by atoms with Crippen LogP contribution in [-0.4, -0.2) is 15.9 Å². The van der Waals surface area contributed by atoms with Crippen molar-refractivity contribution in [1.82, 2.24) is 9.97 Å². The SMILES string of the molecule is Cc1c(F)ccc(C2CC[C@H]3[C@@H]2CCC3(F)F)c1Cl.O=c1cc[nH]c2ccncc12. The predicted molar refractivity (Wildman–Crippen MR) is 112 cm³/mol. The molecule has 2 aliphatic carbocycles. The van der Waals surface area contributed by atoms with E-state index >= 15 is 0 Å². The summed E-state index contributed by atoms with van der Waals surface area (Å²) in [6.45, 7) is 1.64. The summed E-state index contributed by atoms with van der Waals surface area (Å²) in [5, 5.41) is 1.05. The number of nitrogens with one attached hydrogen (secondary N) is 1. The second-order valence-electron chi connectivity index (χ2n) is 8.09. The molecule has 0 amide bonds. The molecule has 0 saturated heterocycles. The average molecular weight is 435 g/mol. The number of aromatic nitrogens is 2. The minimum Gasteiger partial charge on any atom is -0.361 e. The van der Waals surface area contributed by atoms with Gasteiger partial charge in [-0.2, -0.15) is 0 Å². The summed E-state index contributed by atoms with van der Waals surface area (Å²) < 4.78 is 40.9. The number of pyridine rings is 2. The molecule has 3 atom stereocenters. The van der Waals surface area contributed by atoms with E-state index in [0.29, 0.717) is 28.8 Å². The molecule has 3 aromatic rings. The van der Waals surface area contributed by atoms with Gasteiger partial charge in [-0.25, -0.2) is 13.2 Å². The molecule has 1 aromatic carbocycles. The summed E-state index contributed by atoms with van der Waals surface area (Å²) >= 11 is 6.21. The van der Waals surface area contributed by atoms with Gasteiger partial charge in [0.1, 0.15) is 5.82 Å². The van der Waals surface area contributed by atoms with E-state index in [1.807, 2.05) is 0 Å². The van der Waals surface area contributed by atoms with Crippen molar-refractivity contribution in [1.29, 1.82) is 0 Å². The highest BCUT2D eigenvalue weighted by molar-refractivity contribution is 6.32. The van der Waals surface area contributed by atoms with Crippen LogP contribution in [0.3, 0.4) is 0 Å². The summed E-state index contributed by atoms with van der Waals surface area (Å²) in [4.78, 5) is 17.9. The number of rotatable bonds is 1. The molecule has 2 aliphatic rings. The molecule has 0 bridgehead atoms. The first kappa shape index (κ1) is 20.9. The van der Waals surface area contributed by atoms with Gasteiger partial charge < -0.3 is 4.98 Å². The zero-order chi connectivity index (χ0) is 21.5. The van der Waals surface area contributed by atoms with Crippen molar-refractivity contribution in [3.05, 3.63) is 75.0 Å². The fourth-order valence-electron chi connectivity index (χ4n) is 4.91. The molecule has 2 fully saturated rings. The van der Waals surface area contributed by atoms with Crippen molar-refractivity contribution in [3.63, 3.8) is 0 Å². The number of fused-ring (bicyclic) bond motifs is 2. The maximum atomic E-state index is 13.7. The molecule has 2 aromatic heterocycles. The highest BCUT2D eigenvalue weighted by Gasteiger charge is 2.55. The number of benzene rings is 1. The molecule has 0 spiro atoms. The molecular formula is C23H22ClF3N2O. The summed E-state index contributed by atoms with van der Waals surface area (Å²) in [7, 11) is 0. The molecule has 2 saturated carbocycles. The zero-order valence-corrected chi connectivity index (χ0v) is 17.2. The van der Waals surface area contributed by atoms with Gasteiger partial charge in [0.15, 0.2) is 5.43 Å². The molecule has 1 N–H and O–H groups in total. The van der Waals surface area contributed by atoms with Gasteiger partial charge in [-0.3, -0.25) is 9.78 Å². The first-order valence-electron chi connectivity index (χ1n) is 10.0. The van der Waals surface area contributed by atoms with Crippen LogP contribution < -0.4 is 5.43 Å². The summed E-state index contributed by atoms with van der Waals surface area (Å²) in [6.07, 6.45) is 6.66. The van der Waals surface area contributed by atoms with Crippen molar-refractivity contribution in [3.8, 4) is 0 Å². The van der Waals surface area contributed by atoms with Gasteiger partial charge in [-0.05, 0) is 55.7 Å². The van der Waals surface area contributed by atoms with Crippen LogP contribution in [0.25, 0.3) is 10.9 Å². The van der Waals surface area contributed by atoms with Crippen molar-refractivity contribution in [2.75, 3.05) is 0 Å². The van der Waals surface area contributed by atoms with Crippen LogP contribution in [0, 0.1) is 24.6 Å². The number of hydrogen-bond donors (Lipinski definition) is 1. The number of halogens is 4. The Morgan fingerprint density at radius 1 is 1.17 bits per heavy atom. The highest BCUT2D eigenvalue weighted by Crippen LogP contribution is 2.58. The lowest BCUT2D eigenvalue weighted by Crippen LogP contribution is -2.22. The van der Waals surface area contributed by atoms with Crippen molar-refractivity contribution < 1.29 is 13.2 Å². The molecule has 30 heavy (non-hydrogen) atoms. The van der Waals surface area contributed by atoms with Crippen LogP contribution in [0.4, 0.5) is 13.2 Å². The molecule has 0 radical (unpaired) electrons. The quantitative estimate of drug-likeness (QED) is 0.492. The van der Waals surface area contributed by atoms with Crippen LogP contribution >= 0.6 is 11.6 Å². The fraction of sp³-hybridized carbons (Fsp3) is 0.391. The monoisotopic (exact) mass is 434 g/mol. The van der Waals surface area contributed by atoms with Crippen LogP contribution in [-0.2, 0) is 0 Å². The van der Waals surface area contributed by atoms with E-state index in [-0.39, 0.29) is 29.5 Å². The minimum atomic E-state index is -2.53. The summed E-state index contributed by atoms with van der Waals surface area (Å²) in [5.41, 5.74) is 2.11. The summed E-state index contributed by atoms with van der Waals surface area (Å²) in [6, 6.07) is 6.34. The number of H-pyrrole nitrogens is 1. The van der Waals surface area contributed by atoms with E-state index < -0.39 is 11.8 Å². The molecule has 3 nitrogen and oxygen atoms in total. The van der Waals surface area contributed by atoms with E-state index in [9.17, 15) is 18.0 Å². The number of aromatic amines is 1. The van der Waals surface area contributed by atoms with Gasteiger partial charge in [0, 0.05) is 47.6 Å². The molecular weight excluding hydrogens is 413 g/mol. The lowest BCUT2D eigenvalue weighted by Gasteiger charge is -2.22. The Morgan fingerprint density at radius 3 is 2.73 bits per heavy atom. The Bertz CT molecular complexity index is 1130. The predicted octanol–water partition coefficient (Wildman–Crippen LogP) is 6.25. The van der Waals surface area contributed by atoms with Gasteiger partial charge in [0.05, 0.1) is 10.9 Å². The van der Waals surface area contributed by atoms with Crippen LogP contribution in [0.15, 0.2) is 47.7 Å². The zero-order valence-electron chi connectivity index (χ0n) is 16.5. The lowest BCUT2D eigenvalue weighted by molar-refractivity contribution is -0.0409. The lowest BCUT2D eigenvalue weighted by atomic mass is 9.85. The number of nitrogens with zero attached hydrogens (tertiary/aromatic N) is 1. The largest absolute Gasteiger partial charge is 0.361 e. The molecule has 0 aliphatic heterocycles. The standard InChI is InChI=1S/C15H16ClF3.C8H6N2O/c1-8-13(17)5-3-11(14(8)16)9-2-4-12-10(9)6-7-15(12,18)19;11-8-2-4-10-7-1-3-9-5-6(7)8/h3,5,9-10,12H,2,4,6-7H2,1H3;1-5H,(H,10,11)/t9?,10-,12+;/m1./s1. The van der Waals surface area contributed by atoms with Crippen molar-refractivity contribution >= 4 is 22.5 Å². The Balaban J connectivity index is 0.000000168. The Kier molecular flexibility index (Phi) is 5.62. The van der Waals surface area contributed by atoms with Crippen molar-refractivity contribution in [2.45, 2.75) is 44.4 Å². The van der Waals surface area contributed by atoms with Gasteiger partial charge in [-0.1, -0.05) is 17.7 Å². The van der Waals surface area contributed by atoms with Gasteiger partial charge >= 0.3 is 0 Å². The van der Waals surface area contributed by atoms with Crippen LogP contribution in [0.5, 0.6) is 0 Å². The molecule has 1 unspecified atom stereocenters. The van der Waals surface area contributed by atoms with Gasteiger partial charge in [0.2, 0.25) is 0 Å². The second kappa shape index (κ2) is 8.06. The Hall–Kier alpha value is -2.34. The van der Waals surface area contributed by atoms with Gasteiger partial charge in [0.25, 0.3) is 5.92 Å². The third-order valence-electron chi connectivity index (χ3n) is 6.49. The third kappa shape index (κ3) is 3.73. The first-order valence-corrected chi connectivity index (χ1v) is 10.4. The average Bonchev–Trinajstić information content (AvgIpc) is 3.29. The Labute approximate surface area is 177 Å². The fourth-order valence-corrected chi connectivity index (χ4v) is 5.20. The molecule has 2 heterocycles. The topological polar surface area (TPSA) is 45.8 Å². The van der Waals surface area contributed by atoms with Crippen LogP contribution in [0.2, 0.25) is 5.02 Å². The van der Waals surface area contributed by atoms with E-state index in [2.05, 4.69) is 9.97 Å². The molecule has 7 heteroatoms. The third-order valence-corrected chi connectivity index (χ3v) is 6.99. The maximum absolute atomic E-state index is 13.7. The van der Waals surface area contributed by atoms with E-state index in [1.54, 1.807) is 37.6 Å².